The molecule has 0 spiro atoms. The minimum atomic E-state index is -4.82. The van der Waals surface area contributed by atoms with Crippen LogP contribution in [0.4, 0.5) is 23.4 Å². The maximum Gasteiger partial charge on any atom is 0.419 e. The highest BCUT2D eigenvalue weighted by Gasteiger charge is 2.36. The summed E-state index contributed by atoms with van der Waals surface area (Å²) in [6, 6.07) is 2.59. The summed E-state index contributed by atoms with van der Waals surface area (Å²) < 4.78 is 62.1. The third-order valence-electron chi connectivity index (χ3n) is 6.95. The van der Waals surface area contributed by atoms with Crippen molar-refractivity contribution in [1.82, 2.24) is 29.5 Å². The van der Waals surface area contributed by atoms with Crippen molar-refractivity contribution in [1.29, 1.82) is 0 Å². The molecular formula is C26H28F4N8O2. The molecule has 0 saturated heterocycles. The van der Waals surface area contributed by atoms with Crippen molar-refractivity contribution in [2.24, 2.45) is 11.7 Å². The number of amides is 1. The molecule has 40 heavy (non-hydrogen) atoms. The maximum atomic E-state index is 14.3. The molecule has 0 aromatic carbocycles. The molecule has 1 aliphatic rings. The molecular weight excluding hydrogens is 532 g/mol. The Labute approximate surface area is 226 Å². The number of carbonyl (C=O) groups is 1. The molecule has 4 heterocycles. The number of halogens is 4. The van der Waals surface area contributed by atoms with E-state index in [9.17, 15) is 22.4 Å². The van der Waals surface area contributed by atoms with Crippen LogP contribution in [-0.2, 0) is 17.5 Å². The highest BCUT2D eigenvalue weighted by Crippen LogP contribution is 2.38. The number of ether oxygens (including phenoxy) is 1. The monoisotopic (exact) mass is 560 g/mol. The molecule has 3 N–H and O–H groups in total. The molecule has 4 aromatic rings. The van der Waals surface area contributed by atoms with Gasteiger partial charge < -0.3 is 15.8 Å². The van der Waals surface area contributed by atoms with E-state index in [1.165, 1.54) is 4.68 Å². The highest BCUT2D eigenvalue weighted by molar-refractivity contribution is 5.93. The van der Waals surface area contributed by atoms with Crippen LogP contribution in [0.3, 0.4) is 0 Å². The smallest absolute Gasteiger partial charge is 0.419 e. The average molecular weight is 561 g/mol. The zero-order valence-corrected chi connectivity index (χ0v) is 21.7. The first-order valence-electron chi connectivity index (χ1n) is 12.9. The van der Waals surface area contributed by atoms with Gasteiger partial charge in [-0.05, 0) is 44.6 Å². The molecule has 4 aromatic heterocycles. The van der Waals surface area contributed by atoms with Gasteiger partial charge in [-0.3, -0.25) is 14.2 Å². The van der Waals surface area contributed by atoms with E-state index in [1.54, 1.807) is 18.6 Å². The number of anilines is 1. The summed E-state index contributed by atoms with van der Waals surface area (Å²) >= 11 is 0. The molecule has 1 aliphatic carbocycles. The Balaban J connectivity index is 1.33. The third-order valence-corrected chi connectivity index (χ3v) is 6.95. The molecule has 1 fully saturated rings. The van der Waals surface area contributed by atoms with Crippen LogP contribution in [0.2, 0.25) is 0 Å². The van der Waals surface area contributed by atoms with Gasteiger partial charge in [-0.1, -0.05) is 0 Å². The Morgan fingerprint density at radius 1 is 1.20 bits per heavy atom. The Bertz CT molecular complexity index is 1510. The van der Waals surface area contributed by atoms with E-state index in [0.717, 1.165) is 35.5 Å². The fourth-order valence-corrected chi connectivity index (χ4v) is 5.03. The van der Waals surface area contributed by atoms with Crippen molar-refractivity contribution in [2.75, 3.05) is 18.5 Å². The van der Waals surface area contributed by atoms with E-state index < -0.39 is 29.3 Å². The van der Waals surface area contributed by atoms with E-state index in [1.807, 2.05) is 17.7 Å². The van der Waals surface area contributed by atoms with Crippen LogP contribution in [0.5, 0.6) is 5.88 Å². The topological polar surface area (TPSA) is 126 Å². The van der Waals surface area contributed by atoms with Crippen LogP contribution in [0, 0.1) is 11.7 Å². The second-order valence-corrected chi connectivity index (χ2v) is 9.76. The number of nitrogens with zero attached hydrogens (tertiary/aromatic N) is 6. The number of rotatable bonds is 9. The highest BCUT2D eigenvalue weighted by atomic mass is 19.4. The summed E-state index contributed by atoms with van der Waals surface area (Å²) in [4.78, 5) is 19.5. The predicted octanol–water partition coefficient (Wildman–Crippen LogP) is 4.58. The van der Waals surface area contributed by atoms with Gasteiger partial charge in [0.15, 0.2) is 5.82 Å². The van der Waals surface area contributed by atoms with Crippen LogP contribution in [-0.4, -0.2) is 48.6 Å². The first-order chi connectivity index (χ1) is 19.1. The van der Waals surface area contributed by atoms with Crippen LogP contribution < -0.4 is 15.8 Å². The van der Waals surface area contributed by atoms with Crippen LogP contribution in [0.25, 0.3) is 22.2 Å². The molecule has 212 valence electrons. The van der Waals surface area contributed by atoms with Gasteiger partial charge in [0.1, 0.15) is 18.1 Å². The molecule has 0 atom stereocenters. The Kier molecular flexibility index (Phi) is 7.59. The summed E-state index contributed by atoms with van der Waals surface area (Å²) in [5.74, 6) is -1.90. The van der Waals surface area contributed by atoms with E-state index in [2.05, 4.69) is 20.4 Å². The largest absolute Gasteiger partial charge is 0.475 e. The van der Waals surface area contributed by atoms with E-state index in [4.69, 9.17) is 15.6 Å². The van der Waals surface area contributed by atoms with Gasteiger partial charge in [0.05, 0.1) is 29.9 Å². The SMILES string of the molecule is CCNc1cc2c(cn1)c(-c1cnn(CC(N)=O)c1)nn2C1CCC(COc2nccc(C(F)(F)F)c2F)CC1. The van der Waals surface area contributed by atoms with Crippen molar-refractivity contribution >= 4 is 22.6 Å². The second kappa shape index (κ2) is 11.1. The van der Waals surface area contributed by atoms with Crippen molar-refractivity contribution in [3.63, 3.8) is 0 Å². The summed E-state index contributed by atoms with van der Waals surface area (Å²) in [7, 11) is 0. The number of nitrogens with one attached hydrogen (secondary N) is 1. The second-order valence-electron chi connectivity index (χ2n) is 9.76. The average Bonchev–Trinajstić information content (AvgIpc) is 3.52. The van der Waals surface area contributed by atoms with Gasteiger partial charge in [0.25, 0.3) is 5.88 Å². The van der Waals surface area contributed by atoms with E-state index in [-0.39, 0.29) is 25.1 Å². The van der Waals surface area contributed by atoms with Gasteiger partial charge in [-0.2, -0.15) is 23.4 Å². The molecule has 1 amide bonds. The number of alkyl halides is 3. The Hall–Kier alpha value is -4.23. The van der Waals surface area contributed by atoms with Gasteiger partial charge in [-0.25, -0.2) is 14.4 Å². The summed E-state index contributed by atoms with van der Waals surface area (Å²) in [5, 5.41) is 13.2. The number of hydrogen-bond donors (Lipinski definition) is 2. The first kappa shape index (κ1) is 27.3. The van der Waals surface area contributed by atoms with Crippen molar-refractivity contribution in [3.8, 4) is 17.1 Å². The Morgan fingerprint density at radius 3 is 2.67 bits per heavy atom. The van der Waals surface area contributed by atoms with Crippen molar-refractivity contribution < 1.29 is 27.1 Å². The molecule has 0 unspecified atom stereocenters. The zero-order chi connectivity index (χ0) is 28.4. The molecule has 0 aliphatic heterocycles. The minimum absolute atomic E-state index is 0.0271. The van der Waals surface area contributed by atoms with E-state index in [0.29, 0.717) is 37.0 Å². The lowest BCUT2D eigenvalue weighted by Gasteiger charge is -2.29. The summed E-state index contributed by atoms with van der Waals surface area (Å²) in [6.45, 7) is 2.70. The number of pyridine rings is 2. The number of fused-ring (bicyclic) bond motifs is 1. The van der Waals surface area contributed by atoms with Crippen LogP contribution in [0.1, 0.15) is 44.2 Å². The molecule has 1 saturated carbocycles. The van der Waals surface area contributed by atoms with Crippen LogP contribution >= 0.6 is 0 Å². The lowest BCUT2D eigenvalue weighted by Crippen LogP contribution is -2.23. The van der Waals surface area contributed by atoms with Gasteiger partial charge in [0, 0.05) is 42.2 Å². The number of primary amides is 1. The normalized spacial score (nSPS) is 17.7. The molecule has 0 bridgehead atoms. The standard InChI is InChI=1S/C26H28F4N8O2/c1-2-32-22-9-20-18(11-34-22)24(16-10-35-37(12-16)13-21(31)39)36-38(20)17-5-3-15(4-6-17)14-40-25-23(27)19(7-8-33-25)26(28,29)30/h7-12,15,17H,2-6,13-14H2,1H3,(H2,31,39)(H,32,34). The first-order valence-corrected chi connectivity index (χ1v) is 12.9. The van der Waals surface area contributed by atoms with Gasteiger partial charge in [-0.15, -0.1) is 0 Å². The number of nitrogens with two attached hydrogens (primary N) is 1. The number of carbonyl (C=O) groups excluding carboxylic acids is 1. The van der Waals surface area contributed by atoms with Gasteiger partial charge in [0.2, 0.25) is 5.91 Å². The molecule has 0 radical (unpaired) electrons. The summed E-state index contributed by atoms with van der Waals surface area (Å²) in [5.41, 5.74) is 6.19. The molecule has 10 nitrogen and oxygen atoms in total. The van der Waals surface area contributed by atoms with Crippen LogP contribution in [0.15, 0.2) is 36.9 Å². The lowest BCUT2D eigenvalue weighted by molar-refractivity contribution is -0.140. The minimum Gasteiger partial charge on any atom is -0.475 e. The lowest BCUT2D eigenvalue weighted by atomic mass is 9.86. The number of aromatic nitrogens is 6. The van der Waals surface area contributed by atoms with Crippen molar-refractivity contribution in [3.05, 3.63) is 48.3 Å². The predicted molar refractivity (Wildman–Crippen MR) is 138 cm³/mol. The number of hydrogen-bond acceptors (Lipinski definition) is 7. The third kappa shape index (κ3) is 5.70. The quantitative estimate of drug-likeness (QED) is 0.287. The van der Waals surface area contributed by atoms with Crippen molar-refractivity contribution in [2.45, 2.75) is 51.4 Å². The molecule has 5 rings (SSSR count). The zero-order valence-electron chi connectivity index (χ0n) is 21.7. The maximum absolute atomic E-state index is 14.3. The Morgan fingerprint density at radius 2 is 1.98 bits per heavy atom. The summed E-state index contributed by atoms with van der Waals surface area (Å²) in [6.07, 6.45) is 4.07. The molecule has 14 heteroatoms. The fourth-order valence-electron chi connectivity index (χ4n) is 5.03. The van der Waals surface area contributed by atoms with Gasteiger partial charge >= 0.3 is 6.18 Å². The fraction of sp³-hybridized carbons (Fsp3) is 0.423. The van der Waals surface area contributed by atoms with E-state index >= 15 is 0 Å².